The van der Waals surface area contributed by atoms with Crippen LogP contribution in [0.5, 0.6) is 0 Å². The number of carbonyl (C=O) groups is 1. The van der Waals surface area contributed by atoms with Crippen LogP contribution >= 0.6 is 0 Å². The Balaban J connectivity index is 1.89. The van der Waals surface area contributed by atoms with E-state index in [1.54, 1.807) is 7.05 Å². The number of nitrogens with one attached hydrogen (secondary N) is 2. The molecule has 3 unspecified atom stereocenters. The standard InChI is InChI=1S/C17H26N2O/c1-12-4-7-16(10-13(12)2)19-15-8-5-14(6-9-15)11-17(20)18-3/h5-6,8-9,12-13,16,19H,4,7,10-11H2,1-3H3,(H,18,20). The van der Waals surface area contributed by atoms with Crippen molar-refractivity contribution in [2.45, 2.75) is 45.6 Å². The summed E-state index contributed by atoms with van der Waals surface area (Å²) in [6, 6.07) is 8.83. The van der Waals surface area contributed by atoms with Crippen LogP contribution in [0.3, 0.4) is 0 Å². The van der Waals surface area contributed by atoms with Crippen molar-refractivity contribution in [1.82, 2.24) is 5.32 Å². The van der Waals surface area contributed by atoms with Crippen molar-refractivity contribution in [2.75, 3.05) is 12.4 Å². The monoisotopic (exact) mass is 274 g/mol. The molecule has 110 valence electrons. The van der Waals surface area contributed by atoms with Gasteiger partial charge in [-0.2, -0.15) is 0 Å². The van der Waals surface area contributed by atoms with E-state index in [1.807, 2.05) is 12.1 Å². The molecule has 3 atom stereocenters. The van der Waals surface area contributed by atoms with Gasteiger partial charge >= 0.3 is 0 Å². The number of hydrogen-bond acceptors (Lipinski definition) is 2. The molecule has 1 fully saturated rings. The summed E-state index contributed by atoms with van der Waals surface area (Å²) in [7, 11) is 1.67. The molecule has 1 saturated carbocycles. The van der Waals surface area contributed by atoms with E-state index in [4.69, 9.17) is 0 Å². The van der Waals surface area contributed by atoms with Gasteiger partial charge in [-0.3, -0.25) is 4.79 Å². The van der Waals surface area contributed by atoms with Crippen molar-refractivity contribution in [1.29, 1.82) is 0 Å². The van der Waals surface area contributed by atoms with E-state index in [9.17, 15) is 4.79 Å². The lowest BCUT2D eigenvalue weighted by Gasteiger charge is -2.33. The number of carbonyl (C=O) groups excluding carboxylic acids is 1. The van der Waals surface area contributed by atoms with Gasteiger partial charge in [0.1, 0.15) is 0 Å². The second-order valence-electron chi connectivity index (χ2n) is 6.16. The molecule has 1 amide bonds. The molecule has 0 heterocycles. The lowest BCUT2D eigenvalue weighted by Crippen LogP contribution is -2.30. The summed E-state index contributed by atoms with van der Waals surface area (Å²) in [5, 5.41) is 6.27. The zero-order chi connectivity index (χ0) is 14.5. The molecule has 2 N–H and O–H groups in total. The summed E-state index contributed by atoms with van der Waals surface area (Å²) >= 11 is 0. The van der Waals surface area contributed by atoms with E-state index < -0.39 is 0 Å². The van der Waals surface area contributed by atoms with Gasteiger partial charge in [-0.05, 0) is 48.8 Å². The zero-order valence-corrected chi connectivity index (χ0v) is 12.8. The maximum absolute atomic E-state index is 11.3. The van der Waals surface area contributed by atoms with Crippen LogP contribution in [-0.4, -0.2) is 19.0 Å². The van der Waals surface area contributed by atoms with Gasteiger partial charge in [0.05, 0.1) is 6.42 Å². The minimum Gasteiger partial charge on any atom is -0.382 e. The lowest BCUT2D eigenvalue weighted by molar-refractivity contribution is -0.119. The molecular formula is C17H26N2O. The quantitative estimate of drug-likeness (QED) is 0.885. The summed E-state index contributed by atoms with van der Waals surface area (Å²) in [4.78, 5) is 11.3. The van der Waals surface area contributed by atoms with Crippen LogP contribution in [0.15, 0.2) is 24.3 Å². The highest BCUT2D eigenvalue weighted by molar-refractivity contribution is 5.78. The number of amides is 1. The minimum atomic E-state index is 0.0563. The average molecular weight is 274 g/mol. The molecule has 1 aromatic rings. The van der Waals surface area contributed by atoms with Crippen LogP contribution < -0.4 is 10.6 Å². The lowest BCUT2D eigenvalue weighted by atomic mass is 9.79. The molecule has 3 heteroatoms. The second kappa shape index (κ2) is 6.78. The first kappa shape index (κ1) is 14.9. The summed E-state index contributed by atoms with van der Waals surface area (Å²) in [6.45, 7) is 4.71. The molecule has 0 spiro atoms. The highest BCUT2D eigenvalue weighted by atomic mass is 16.1. The summed E-state index contributed by atoms with van der Waals surface area (Å²) in [5.41, 5.74) is 2.22. The Labute approximate surface area is 122 Å². The smallest absolute Gasteiger partial charge is 0.224 e. The van der Waals surface area contributed by atoms with E-state index in [1.165, 1.54) is 19.3 Å². The van der Waals surface area contributed by atoms with E-state index in [0.29, 0.717) is 12.5 Å². The first-order valence-electron chi connectivity index (χ1n) is 7.64. The third kappa shape index (κ3) is 3.99. The van der Waals surface area contributed by atoms with Crippen molar-refractivity contribution in [2.24, 2.45) is 11.8 Å². The predicted molar refractivity (Wildman–Crippen MR) is 83.8 cm³/mol. The van der Waals surface area contributed by atoms with Gasteiger partial charge in [-0.1, -0.05) is 26.0 Å². The number of hydrogen-bond donors (Lipinski definition) is 2. The van der Waals surface area contributed by atoms with Crippen molar-refractivity contribution in [3.05, 3.63) is 29.8 Å². The van der Waals surface area contributed by atoms with Gasteiger partial charge in [0, 0.05) is 18.8 Å². The summed E-state index contributed by atoms with van der Waals surface area (Å²) in [6.07, 6.45) is 4.27. The van der Waals surface area contributed by atoms with Crippen LogP contribution in [0.1, 0.15) is 38.7 Å². The fourth-order valence-electron chi connectivity index (χ4n) is 2.91. The highest BCUT2D eigenvalue weighted by Gasteiger charge is 2.24. The Bertz CT molecular complexity index is 441. The van der Waals surface area contributed by atoms with Crippen LogP contribution in [0.2, 0.25) is 0 Å². The average Bonchev–Trinajstić information content (AvgIpc) is 2.45. The van der Waals surface area contributed by atoms with Gasteiger partial charge in [0.15, 0.2) is 0 Å². The molecule has 1 aliphatic rings. The second-order valence-corrected chi connectivity index (χ2v) is 6.16. The van der Waals surface area contributed by atoms with Gasteiger partial charge in [0.2, 0.25) is 5.91 Å². The van der Waals surface area contributed by atoms with E-state index in [2.05, 4.69) is 36.6 Å². The van der Waals surface area contributed by atoms with Crippen molar-refractivity contribution < 1.29 is 4.79 Å². The number of anilines is 1. The molecule has 0 aromatic heterocycles. The number of rotatable bonds is 4. The Kier molecular flexibility index (Phi) is 5.05. The molecule has 0 aliphatic heterocycles. The fourth-order valence-corrected chi connectivity index (χ4v) is 2.91. The van der Waals surface area contributed by atoms with Crippen LogP contribution in [0.4, 0.5) is 5.69 Å². The zero-order valence-electron chi connectivity index (χ0n) is 12.8. The van der Waals surface area contributed by atoms with Crippen molar-refractivity contribution in [3.63, 3.8) is 0 Å². The minimum absolute atomic E-state index is 0.0563. The maximum Gasteiger partial charge on any atom is 0.224 e. The molecular weight excluding hydrogens is 248 g/mol. The molecule has 2 rings (SSSR count). The normalized spacial score (nSPS) is 26.1. The number of benzene rings is 1. The number of likely N-dealkylation sites (N-methyl/N-ethyl adjacent to an activating group) is 1. The molecule has 0 radical (unpaired) electrons. The van der Waals surface area contributed by atoms with Crippen LogP contribution in [-0.2, 0) is 11.2 Å². The van der Waals surface area contributed by atoms with Gasteiger partial charge < -0.3 is 10.6 Å². The van der Waals surface area contributed by atoms with E-state index in [0.717, 1.165) is 23.1 Å². The van der Waals surface area contributed by atoms with E-state index in [-0.39, 0.29) is 5.91 Å². The van der Waals surface area contributed by atoms with Crippen LogP contribution in [0.25, 0.3) is 0 Å². The van der Waals surface area contributed by atoms with Gasteiger partial charge in [-0.15, -0.1) is 0 Å². The first-order valence-corrected chi connectivity index (χ1v) is 7.64. The van der Waals surface area contributed by atoms with Gasteiger partial charge in [-0.25, -0.2) is 0 Å². The molecule has 1 aromatic carbocycles. The molecule has 0 bridgehead atoms. The van der Waals surface area contributed by atoms with Crippen molar-refractivity contribution >= 4 is 11.6 Å². The fraction of sp³-hybridized carbons (Fsp3) is 0.588. The Morgan fingerprint density at radius 3 is 2.45 bits per heavy atom. The van der Waals surface area contributed by atoms with E-state index >= 15 is 0 Å². The van der Waals surface area contributed by atoms with Crippen LogP contribution in [0, 0.1) is 11.8 Å². The van der Waals surface area contributed by atoms with Gasteiger partial charge in [0.25, 0.3) is 0 Å². The molecule has 0 saturated heterocycles. The summed E-state index contributed by atoms with van der Waals surface area (Å²) < 4.78 is 0. The molecule has 20 heavy (non-hydrogen) atoms. The maximum atomic E-state index is 11.3. The Morgan fingerprint density at radius 1 is 1.15 bits per heavy atom. The third-order valence-electron chi connectivity index (χ3n) is 4.57. The van der Waals surface area contributed by atoms with Crippen molar-refractivity contribution in [3.8, 4) is 0 Å². The SMILES string of the molecule is CNC(=O)Cc1ccc(NC2CCC(C)C(C)C2)cc1. The molecule has 3 nitrogen and oxygen atoms in total. The topological polar surface area (TPSA) is 41.1 Å². The predicted octanol–water partition coefficient (Wildman–Crippen LogP) is 3.21. The Morgan fingerprint density at radius 2 is 1.85 bits per heavy atom. The largest absolute Gasteiger partial charge is 0.382 e. The highest BCUT2D eigenvalue weighted by Crippen LogP contribution is 2.31. The third-order valence-corrected chi connectivity index (χ3v) is 4.57. The molecule has 1 aliphatic carbocycles. The first-order chi connectivity index (χ1) is 9.58. The summed E-state index contributed by atoms with van der Waals surface area (Å²) in [5.74, 6) is 1.71. The Hall–Kier alpha value is -1.51.